The molecule has 1 saturated carbocycles. The molecule has 1 aliphatic rings. The molecule has 1 fully saturated rings. The van der Waals surface area contributed by atoms with E-state index in [0.717, 1.165) is 12.5 Å². The molecule has 1 aromatic heterocycles. The Hall–Kier alpha value is -0.830. The summed E-state index contributed by atoms with van der Waals surface area (Å²) in [6.07, 6.45) is 8.50. The predicted octanol–water partition coefficient (Wildman–Crippen LogP) is 1.05. The van der Waals surface area contributed by atoms with Gasteiger partial charge >= 0.3 is 0 Å². The highest BCUT2D eigenvalue weighted by atomic mass is 15.1. The van der Waals surface area contributed by atoms with Gasteiger partial charge in [-0.25, -0.2) is 4.98 Å². The van der Waals surface area contributed by atoms with Crippen molar-refractivity contribution in [3.8, 4) is 0 Å². The van der Waals surface area contributed by atoms with Crippen LogP contribution in [0.4, 0.5) is 0 Å². The monoisotopic (exact) mass is 165 g/mol. The molecule has 0 radical (unpaired) electrons. The summed E-state index contributed by atoms with van der Waals surface area (Å²) in [6, 6.07) is 0.694. The first-order valence-electron chi connectivity index (χ1n) is 4.54. The Morgan fingerprint density at radius 2 is 2.50 bits per heavy atom. The van der Waals surface area contributed by atoms with Crippen LogP contribution in [0.1, 0.15) is 18.9 Å². The zero-order chi connectivity index (χ0) is 8.39. The Morgan fingerprint density at radius 1 is 1.58 bits per heavy atom. The van der Waals surface area contributed by atoms with Crippen molar-refractivity contribution in [2.75, 3.05) is 13.6 Å². The third kappa shape index (κ3) is 1.25. The second-order valence-electron chi connectivity index (χ2n) is 3.47. The molecule has 2 atom stereocenters. The van der Waals surface area contributed by atoms with Gasteiger partial charge in [-0.3, -0.25) is 0 Å². The summed E-state index contributed by atoms with van der Waals surface area (Å²) in [6.45, 7) is 1.13. The van der Waals surface area contributed by atoms with E-state index >= 15 is 0 Å². The van der Waals surface area contributed by atoms with Crippen LogP contribution in [-0.4, -0.2) is 23.1 Å². The van der Waals surface area contributed by atoms with Crippen molar-refractivity contribution in [2.45, 2.75) is 18.9 Å². The molecule has 0 aliphatic heterocycles. The molecule has 3 heteroatoms. The van der Waals surface area contributed by atoms with E-state index in [1.165, 1.54) is 12.8 Å². The Labute approximate surface area is 72.8 Å². The van der Waals surface area contributed by atoms with Gasteiger partial charge in [-0.05, 0) is 32.4 Å². The molecule has 0 amide bonds. The standard InChI is InChI=1S/C9H15N3/c1-10-6-8-2-3-9(8)12-5-4-11-7-12/h4-5,7-10H,2-3,6H2,1H3. The number of hydrogen-bond acceptors (Lipinski definition) is 2. The van der Waals surface area contributed by atoms with Crippen molar-refractivity contribution in [2.24, 2.45) is 5.92 Å². The van der Waals surface area contributed by atoms with E-state index in [2.05, 4.69) is 21.1 Å². The summed E-state index contributed by atoms with van der Waals surface area (Å²) >= 11 is 0. The zero-order valence-corrected chi connectivity index (χ0v) is 7.40. The molecule has 0 bridgehead atoms. The molecule has 66 valence electrons. The molecular weight excluding hydrogens is 150 g/mol. The van der Waals surface area contributed by atoms with Crippen molar-refractivity contribution in [1.82, 2.24) is 14.9 Å². The maximum atomic E-state index is 4.06. The van der Waals surface area contributed by atoms with Crippen molar-refractivity contribution in [1.29, 1.82) is 0 Å². The number of nitrogens with one attached hydrogen (secondary N) is 1. The number of imidazole rings is 1. The second kappa shape index (κ2) is 3.27. The van der Waals surface area contributed by atoms with Gasteiger partial charge in [0.2, 0.25) is 0 Å². The quantitative estimate of drug-likeness (QED) is 0.725. The lowest BCUT2D eigenvalue weighted by molar-refractivity contribution is 0.180. The number of rotatable bonds is 3. The molecule has 1 aromatic rings. The van der Waals surface area contributed by atoms with Crippen LogP contribution < -0.4 is 5.32 Å². The van der Waals surface area contributed by atoms with Crippen molar-refractivity contribution < 1.29 is 0 Å². The maximum Gasteiger partial charge on any atom is 0.0948 e. The fraction of sp³-hybridized carbons (Fsp3) is 0.667. The summed E-state index contributed by atoms with van der Waals surface area (Å²) in [5, 5.41) is 3.23. The largest absolute Gasteiger partial charge is 0.334 e. The van der Waals surface area contributed by atoms with Crippen LogP contribution in [0.15, 0.2) is 18.7 Å². The highest BCUT2D eigenvalue weighted by Gasteiger charge is 2.30. The van der Waals surface area contributed by atoms with Gasteiger partial charge in [0, 0.05) is 18.4 Å². The van der Waals surface area contributed by atoms with E-state index in [4.69, 9.17) is 0 Å². The van der Waals surface area contributed by atoms with Gasteiger partial charge in [-0.15, -0.1) is 0 Å². The van der Waals surface area contributed by atoms with Crippen molar-refractivity contribution in [3.05, 3.63) is 18.7 Å². The van der Waals surface area contributed by atoms with Crippen LogP contribution in [-0.2, 0) is 0 Å². The number of aromatic nitrogens is 2. The molecule has 3 nitrogen and oxygen atoms in total. The summed E-state index contributed by atoms with van der Waals surface area (Å²) in [7, 11) is 2.02. The van der Waals surface area contributed by atoms with E-state index < -0.39 is 0 Å². The molecule has 1 aliphatic carbocycles. The van der Waals surface area contributed by atoms with E-state index in [-0.39, 0.29) is 0 Å². The molecule has 2 rings (SSSR count). The molecule has 1 heterocycles. The highest BCUT2D eigenvalue weighted by molar-refractivity contribution is 4.91. The van der Waals surface area contributed by atoms with Crippen LogP contribution >= 0.6 is 0 Å². The molecule has 2 unspecified atom stereocenters. The fourth-order valence-electron chi connectivity index (χ4n) is 1.91. The van der Waals surface area contributed by atoms with E-state index in [1.807, 2.05) is 19.6 Å². The van der Waals surface area contributed by atoms with E-state index in [0.29, 0.717) is 6.04 Å². The van der Waals surface area contributed by atoms with Crippen LogP contribution in [0.2, 0.25) is 0 Å². The average Bonchev–Trinajstić information content (AvgIpc) is 2.51. The van der Waals surface area contributed by atoms with Gasteiger partial charge in [0.05, 0.1) is 6.33 Å². The Kier molecular flexibility index (Phi) is 2.13. The lowest BCUT2D eigenvalue weighted by atomic mass is 9.79. The van der Waals surface area contributed by atoms with Gasteiger partial charge in [0.15, 0.2) is 0 Å². The Morgan fingerprint density at radius 3 is 3.00 bits per heavy atom. The number of nitrogens with zero attached hydrogens (tertiary/aromatic N) is 2. The lowest BCUT2D eigenvalue weighted by Gasteiger charge is -2.37. The maximum absolute atomic E-state index is 4.06. The van der Waals surface area contributed by atoms with E-state index in [1.54, 1.807) is 0 Å². The van der Waals surface area contributed by atoms with Gasteiger partial charge in [-0.2, -0.15) is 0 Å². The van der Waals surface area contributed by atoms with Crippen LogP contribution in [0.25, 0.3) is 0 Å². The Bertz CT molecular complexity index is 230. The summed E-state index contributed by atoms with van der Waals surface area (Å²) < 4.78 is 2.23. The first kappa shape index (κ1) is 7.80. The van der Waals surface area contributed by atoms with Crippen LogP contribution in [0.3, 0.4) is 0 Å². The lowest BCUT2D eigenvalue weighted by Crippen LogP contribution is -2.35. The van der Waals surface area contributed by atoms with Crippen molar-refractivity contribution >= 4 is 0 Å². The van der Waals surface area contributed by atoms with Gasteiger partial charge < -0.3 is 9.88 Å². The summed E-state index contributed by atoms with van der Waals surface area (Å²) in [4.78, 5) is 4.06. The SMILES string of the molecule is CNCC1CCC1n1ccnc1. The van der Waals surface area contributed by atoms with Gasteiger partial charge in [0.1, 0.15) is 0 Å². The summed E-state index contributed by atoms with van der Waals surface area (Å²) in [5.74, 6) is 0.809. The minimum atomic E-state index is 0.694. The minimum absolute atomic E-state index is 0.694. The smallest absolute Gasteiger partial charge is 0.0948 e. The molecule has 1 N–H and O–H groups in total. The topological polar surface area (TPSA) is 29.9 Å². The molecular formula is C9H15N3. The van der Waals surface area contributed by atoms with Crippen LogP contribution in [0, 0.1) is 5.92 Å². The first-order valence-corrected chi connectivity index (χ1v) is 4.54. The molecule has 0 spiro atoms. The normalized spacial score (nSPS) is 28.4. The minimum Gasteiger partial charge on any atom is -0.334 e. The zero-order valence-electron chi connectivity index (χ0n) is 7.40. The van der Waals surface area contributed by atoms with Gasteiger partial charge in [-0.1, -0.05) is 0 Å². The van der Waals surface area contributed by atoms with E-state index in [9.17, 15) is 0 Å². The van der Waals surface area contributed by atoms with Gasteiger partial charge in [0.25, 0.3) is 0 Å². The fourth-order valence-corrected chi connectivity index (χ4v) is 1.91. The first-order chi connectivity index (χ1) is 5.92. The number of hydrogen-bond donors (Lipinski definition) is 1. The molecule has 0 aromatic carbocycles. The third-order valence-electron chi connectivity index (χ3n) is 2.75. The second-order valence-corrected chi connectivity index (χ2v) is 3.47. The van der Waals surface area contributed by atoms with Crippen LogP contribution in [0.5, 0.6) is 0 Å². The predicted molar refractivity (Wildman–Crippen MR) is 47.9 cm³/mol. The average molecular weight is 165 g/mol. The summed E-state index contributed by atoms with van der Waals surface area (Å²) in [5.41, 5.74) is 0. The Balaban J connectivity index is 1.97. The third-order valence-corrected chi connectivity index (χ3v) is 2.75. The molecule has 0 saturated heterocycles. The highest BCUT2D eigenvalue weighted by Crippen LogP contribution is 2.37. The van der Waals surface area contributed by atoms with Crippen molar-refractivity contribution in [3.63, 3.8) is 0 Å². The molecule has 12 heavy (non-hydrogen) atoms.